The van der Waals surface area contributed by atoms with E-state index >= 15 is 0 Å². The first kappa shape index (κ1) is 14.8. The van der Waals surface area contributed by atoms with Gasteiger partial charge < -0.3 is 0 Å². The van der Waals surface area contributed by atoms with Gasteiger partial charge in [0.15, 0.2) is 0 Å². The minimum absolute atomic E-state index is 0.336. The Morgan fingerprint density at radius 2 is 1.00 bits per heavy atom. The SMILES string of the molecule is FC(F)C(F)(F)CSCC(F)(F)C(F)F. The van der Waals surface area contributed by atoms with Crippen molar-refractivity contribution >= 4 is 11.8 Å². The van der Waals surface area contributed by atoms with E-state index in [4.69, 9.17) is 0 Å². The third-order valence-electron chi connectivity index (χ3n) is 1.23. The molecule has 0 heterocycles. The Hall–Kier alpha value is -0.210. The van der Waals surface area contributed by atoms with E-state index in [0.717, 1.165) is 0 Å². The normalized spacial score (nSPS) is 14.0. The lowest BCUT2D eigenvalue weighted by Gasteiger charge is -2.18. The first-order chi connectivity index (χ1) is 6.59. The third-order valence-corrected chi connectivity index (χ3v) is 2.41. The van der Waals surface area contributed by atoms with Crippen LogP contribution in [0.25, 0.3) is 0 Å². The highest BCUT2D eigenvalue weighted by atomic mass is 32.2. The fourth-order valence-corrected chi connectivity index (χ4v) is 1.35. The molecule has 0 aliphatic carbocycles. The maximum atomic E-state index is 12.1. The molecule has 0 aromatic rings. The maximum absolute atomic E-state index is 12.1. The molecular formula is C6H6F8S. The van der Waals surface area contributed by atoms with Crippen LogP contribution in [0.4, 0.5) is 35.1 Å². The van der Waals surface area contributed by atoms with E-state index in [1.807, 2.05) is 0 Å². The number of hydrogen-bond acceptors (Lipinski definition) is 1. The number of thioether (sulfide) groups is 1. The van der Waals surface area contributed by atoms with Gasteiger partial charge in [-0.3, -0.25) is 0 Å². The van der Waals surface area contributed by atoms with Crippen LogP contribution >= 0.6 is 11.8 Å². The predicted octanol–water partition coefficient (Wildman–Crippen LogP) is 3.52. The molecule has 0 N–H and O–H groups in total. The van der Waals surface area contributed by atoms with Crippen LogP contribution in [-0.2, 0) is 0 Å². The number of hydrogen-bond donors (Lipinski definition) is 0. The van der Waals surface area contributed by atoms with Crippen molar-refractivity contribution in [3.63, 3.8) is 0 Å². The topological polar surface area (TPSA) is 0 Å². The first-order valence-electron chi connectivity index (χ1n) is 3.49. The molecule has 0 amide bonds. The van der Waals surface area contributed by atoms with E-state index in [1.165, 1.54) is 0 Å². The molecule has 0 bridgehead atoms. The van der Waals surface area contributed by atoms with Gasteiger partial charge >= 0.3 is 24.7 Å². The van der Waals surface area contributed by atoms with E-state index in [2.05, 4.69) is 0 Å². The lowest BCUT2D eigenvalue weighted by molar-refractivity contribution is -0.114. The zero-order valence-electron chi connectivity index (χ0n) is 7.00. The molecule has 0 aromatic heterocycles. The van der Waals surface area contributed by atoms with Crippen LogP contribution in [0.2, 0.25) is 0 Å². The minimum Gasteiger partial charge on any atom is -0.204 e. The Kier molecular flexibility index (Phi) is 5.15. The molecular weight excluding hydrogens is 256 g/mol. The highest BCUT2D eigenvalue weighted by molar-refractivity contribution is 7.99. The van der Waals surface area contributed by atoms with Crippen molar-refractivity contribution in [2.45, 2.75) is 24.7 Å². The Morgan fingerprint density at radius 3 is 1.20 bits per heavy atom. The lowest BCUT2D eigenvalue weighted by Crippen LogP contribution is -2.33. The molecule has 0 rings (SSSR count). The van der Waals surface area contributed by atoms with Crippen LogP contribution in [0.3, 0.4) is 0 Å². The monoisotopic (exact) mass is 262 g/mol. The Bertz CT molecular complexity index is 172. The summed E-state index contributed by atoms with van der Waals surface area (Å²) in [6.45, 7) is 0. The quantitative estimate of drug-likeness (QED) is 0.660. The number of alkyl halides is 8. The summed E-state index contributed by atoms with van der Waals surface area (Å²) in [7, 11) is 0. The van der Waals surface area contributed by atoms with Crippen LogP contribution in [0, 0.1) is 0 Å². The summed E-state index contributed by atoms with van der Waals surface area (Å²) in [5, 5.41) is 0. The molecule has 0 aliphatic heterocycles. The highest BCUT2D eigenvalue weighted by Crippen LogP contribution is 2.32. The summed E-state index contributed by atoms with van der Waals surface area (Å²) in [6, 6.07) is 0. The molecule has 92 valence electrons. The van der Waals surface area contributed by atoms with Gasteiger partial charge in [-0.2, -0.15) is 17.6 Å². The van der Waals surface area contributed by atoms with Gasteiger partial charge in [0.25, 0.3) is 0 Å². The van der Waals surface area contributed by atoms with Crippen molar-refractivity contribution in [1.82, 2.24) is 0 Å². The number of halogens is 8. The van der Waals surface area contributed by atoms with Gasteiger partial charge in [-0.05, 0) is 0 Å². The third kappa shape index (κ3) is 4.89. The molecule has 0 aliphatic rings. The van der Waals surface area contributed by atoms with Crippen molar-refractivity contribution < 1.29 is 35.1 Å². The second-order valence-electron chi connectivity index (χ2n) is 2.62. The van der Waals surface area contributed by atoms with E-state index in [0.29, 0.717) is 0 Å². The van der Waals surface area contributed by atoms with Crippen LogP contribution < -0.4 is 0 Å². The molecule has 0 atom stereocenters. The van der Waals surface area contributed by atoms with Gasteiger partial charge in [0, 0.05) is 0 Å². The second kappa shape index (κ2) is 5.22. The summed E-state index contributed by atoms with van der Waals surface area (Å²) in [6.07, 6.45) is -7.99. The van der Waals surface area contributed by atoms with E-state index < -0.39 is 36.2 Å². The van der Waals surface area contributed by atoms with Gasteiger partial charge in [0.1, 0.15) is 0 Å². The van der Waals surface area contributed by atoms with Crippen LogP contribution in [0.15, 0.2) is 0 Å². The van der Waals surface area contributed by atoms with E-state index in [1.54, 1.807) is 0 Å². The zero-order valence-corrected chi connectivity index (χ0v) is 7.82. The molecule has 0 nitrogen and oxygen atoms in total. The van der Waals surface area contributed by atoms with E-state index in [-0.39, 0.29) is 11.8 Å². The second-order valence-corrected chi connectivity index (χ2v) is 3.60. The van der Waals surface area contributed by atoms with Crippen LogP contribution in [0.1, 0.15) is 0 Å². The van der Waals surface area contributed by atoms with Gasteiger partial charge in [0.2, 0.25) is 0 Å². The van der Waals surface area contributed by atoms with Crippen molar-refractivity contribution in [3.8, 4) is 0 Å². The summed E-state index contributed by atoms with van der Waals surface area (Å²) < 4.78 is 94.4. The molecule has 0 saturated carbocycles. The average Bonchev–Trinajstić information content (AvgIpc) is 2.02. The maximum Gasteiger partial charge on any atom is 0.316 e. The van der Waals surface area contributed by atoms with Crippen LogP contribution in [0.5, 0.6) is 0 Å². The zero-order chi connectivity index (χ0) is 12.3. The fraction of sp³-hybridized carbons (Fsp3) is 1.00. The molecule has 0 saturated heterocycles. The summed E-state index contributed by atoms with van der Waals surface area (Å²) in [5.41, 5.74) is 0. The molecule has 0 aromatic carbocycles. The molecule has 0 radical (unpaired) electrons. The summed E-state index contributed by atoms with van der Waals surface area (Å²) >= 11 is -0.336. The van der Waals surface area contributed by atoms with E-state index in [9.17, 15) is 35.1 Å². The highest BCUT2D eigenvalue weighted by Gasteiger charge is 2.44. The summed E-state index contributed by atoms with van der Waals surface area (Å²) in [5.74, 6) is -12.1. The molecule has 9 heteroatoms. The molecule has 15 heavy (non-hydrogen) atoms. The first-order valence-corrected chi connectivity index (χ1v) is 4.65. The Balaban J connectivity index is 4.00. The smallest absolute Gasteiger partial charge is 0.204 e. The molecule has 0 fully saturated rings. The van der Waals surface area contributed by atoms with Crippen molar-refractivity contribution in [1.29, 1.82) is 0 Å². The van der Waals surface area contributed by atoms with Gasteiger partial charge in [-0.25, -0.2) is 17.6 Å². The molecule has 0 spiro atoms. The fourth-order valence-electron chi connectivity index (χ4n) is 0.449. The van der Waals surface area contributed by atoms with Crippen molar-refractivity contribution in [2.75, 3.05) is 11.5 Å². The van der Waals surface area contributed by atoms with Gasteiger partial charge in [-0.1, -0.05) is 0 Å². The van der Waals surface area contributed by atoms with Crippen molar-refractivity contribution in [3.05, 3.63) is 0 Å². The largest absolute Gasteiger partial charge is 0.316 e. The van der Waals surface area contributed by atoms with Gasteiger partial charge in [-0.15, -0.1) is 11.8 Å². The lowest BCUT2D eigenvalue weighted by atomic mass is 10.4. The number of rotatable bonds is 6. The predicted molar refractivity (Wildman–Crippen MR) is 39.2 cm³/mol. The Labute approximate surface area is 84.0 Å². The average molecular weight is 262 g/mol. The molecule has 0 unspecified atom stereocenters. The Morgan fingerprint density at radius 1 is 0.733 bits per heavy atom. The minimum atomic E-state index is -4.44. The van der Waals surface area contributed by atoms with Gasteiger partial charge in [0.05, 0.1) is 11.5 Å². The summed E-state index contributed by atoms with van der Waals surface area (Å²) in [4.78, 5) is 0. The van der Waals surface area contributed by atoms with Crippen LogP contribution in [-0.4, -0.2) is 36.2 Å². The van der Waals surface area contributed by atoms with Crippen molar-refractivity contribution in [2.24, 2.45) is 0 Å². The standard InChI is InChI=1S/C6H6F8S/c7-3(8)5(11,12)1-15-2-6(13,14)4(9)10/h3-4H,1-2H2.